The number of nitrogens with zero attached hydrogens (tertiary/aromatic N) is 6. The van der Waals surface area contributed by atoms with Crippen LogP contribution in [0.4, 0.5) is 0 Å². The van der Waals surface area contributed by atoms with Crippen LogP contribution >= 0.6 is 27.5 Å². The third-order valence-corrected chi connectivity index (χ3v) is 7.36. The summed E-state index contributed by atoms with van der Waals surface area (Å²) in [5, 5.41) is 24.4. The SMILES string of the molecule is O=C(c1cc(-c2ccco2)n(-c2cccc(Cl)c2)n1)N1CCOCC1c1cn(C[C@H](O)c2cccc(Br)c2)nn1. The summed E-state index contributed by atoms with van der Waals surface area (Å²) in [5.74, 6) is 0.294. The number of carbonyl (C=O) groups excluding carboxylic acids is 1. The second-order valence-electron chi connectivity index (χ2n) is 9.31. The van der Waals surface area contributed by atoms with Crippen molar-refractivity contribution in [3.05, 3.63) is 106 Å². The molecule has 6 rings (SSSR count). The Labute approximate surface area is 242 Å². The molecule has 5 aromatic rings. The third kappa shape index (κ3) is 5.46. The van der Waals surface area contributed by atoms with E-state index in [1.54, 1.807) is 51.0 Å². The molecule has 0 aliphatic carbocycles. The summed E-state index contributed by atoms with van der Waals surface area (Å²) in [6.45, 7) is 1.22. The number of aliphatic hydroxyl groups excluding tert-OH is 1. The number of furan rings is 1. The predicted molar refractivity (Wildman–Crippen MR) is 150 cm³/mol. The summed E-state index contributed by atoms with van der Waals surface area (Å²) in [5.41, 5.74) is 2.88. The number of morpholine rings is 1. The largest absolute Gasteiger partial charge is 0.463 e. The van der Waals surface area contributed by atoms with Crippen molar-refractivity contribution in [3.63, 3.8) is 0 Å². The highest BCUT2D eigenvalue weighted by Crippen LogP contribution is 2.29. The molecule has 2 aromatic carbocycles. The van der Waals surface area contributed by atoms with E-state index in [1.807, 2.05) is 42.5 Å². The van der Waals surface area contributed by atoms with Gasteiger partial charge in [-0.2, -0.15) is 5.10 Å². The molecule has 0 bridgehead atoms. The highest BCUT2D eigenvalue weighted by molar-refractivity contribution is 9.10. The van der Waals surface area contributed by atoms with E-state index in [4.69, 9.17) is 20.8 Å². The van der Waals surface area contributed by atoms with Crippen LogP contribution in [0.1, 0.15) is 33.9 Å². The maximum atomic E-state index is 13.9. The lowest BCUT2D eigenvalue weighted by Gasteiger charge is -2.33. The number of amides is 1. The normalized spacial score (nSPS) is 16.3. The van der Waals surface area contributed by atoms with Crippen molar-refractivity contribution in [2.75, 3.05) is 19.8 Å². The van der Waals surface area contributed by atoms with Crippen molar-refractivity contribution in [2.45, 2.75) is 18.7 Å². The van der Waals surface area contributed by atoms with Gasteiger partial charge in [0.1, 0.15) is 17.4 Å². The highest BCUT2D eigenvalue weighted by atomic mass is 79.9. The van der Waals surface area contributed by atoms with Gasteiger partial charge in [-0.3, -0.25) is 4.79 Å². The van der Waals surface area contributed by atoms with Crippen molar-refractivity contribution >= 4 is 33.4 Å². The quantitative estimate of drug-likeness (QED) is 0.269. The van der Waals surface area contributed by atoms with Gasteiger partial charge in [0.05, 0.1) is 44.0 Å². The van der Waals surface area contributed by atoms with Gasteiger partial charge in [0.15, 0.2) is 11.5 Å². The topological polar surface area (TPSA) is 111 Å². The zero-order chi connectivity index (χ0) is 27.6. The standard InChI is InChI=1S/C28H24BrClN6O4/c29-19-5-1-4-18(12-19)26(37)16-34-15-23(31-33-34)25-17-39-11-9-35(25)28(38)22-14-24(27-8-3-10-40-27)36(32-22)21-7-2-6-20(30)13-21/h1-8,10,12-15,25-26,37H,9,11,16-17H2/t25?,26-/m0/s1. The number of rotatable bonds is 7. The van der Waals surface area contributed by atoms with Crippen molar-refractivity contribution in [3.8, 4) is 17.1 Å². The monoisotopic (exact) mass is 622 g/mol. The average Bonchev–Trinajstić information content (AvgIpc) is 3.74. The lowest BCUT2D eigenvalue weighted by molar-refractivity contribution is -0.00427. The Morgan fingerprint density at radius 1 is 1.15 bits per heavy atom. The van der Waals surface area contributed by atoms with Gasteiger partial charge in [0.25, 0.3) is 5.91 Å². The third-order valence-electron chi connectivity index (χ3n) is 6.64. The minimum Gasteiger partial charge on any atom is -0.463 e. The summed E-state index contributed by atoms with van der Waals surface area (Å²) in [6.07, 6.45) is 2.53. The van der Waals surface area contributed by atoms with Crippen LogP contribution in [-0.4, -0.2) is 60.4 Å². The van der Waals surface area contributed by atoms with E-state index < -0.39 is 12.1 Å². The molecule has 2 atom stereocenters. The summed E-state index contributed by atoms with van der Waals surface area (Å²) >= 11 is 9.67. The van der Waals surface area contributed by atoms with E-state index in [1.165, 1.54) is 0 Å². The summed E-state index contributed by atoms with van der Waals surface area (Å²) < 4.78 is 15.4. The van der Waals surface area contributed by atoms with E-state index in [9.17, 15) is 9.90 Å². The van der Waals surface area contributed by atoms with Gasteiger partial charge in [-0.05, 0) is 48.0 Å². The van der Waals surface area contributed by atoms with Gasteiger partial charge in [-0.15, -0.1) is 5.10 Å². The van der Waals surface area contributed by atoms with Crippen LogP contribution in [-0.2, 0) is 11.3 Å². The molecule has 1 N–H and O–H groups in total. The maximum absolute atomic E-state index is 13.9. The first-order valence-electron chi connectivity index (χ1n) is 12.6. The van der Waals surface area contributed by atoms with Crippen LogP contribution in [0.5, 0.6) is 0 Å². The molecule has 204 valence electrons. The average molecular weight is 624 g/mol. The van der Waals surface area contributed by atoms with Crippen molar-refractivity contribution in [2.24, 2.45) is 0 Å². The van der Waals surface area contributed by atoms with Gasteiger partial charge in [-0.1, -0.05) is 50.9 Å². The second-order valence-corrected chi connectivity index (χ2v) is 10.7. The first-order chi connectivity index (χ1) is 19.5. The number of hydrogen-bond acceptors (Lipinski definition) is 7. The van der Waals surface area contributed by atoms with E-state index in [-0.39, 0.29) is 24.8 Å². The molecule has 1 aliphatic rings. The molecule has 12 heteroatoms. The van der Waals surface area contributed by atoms with Crippen LogP contribution in [0.3, 0.4) is 0 Å². The number of hydrogen-bond donors (Lipinski definition) is 1. The second kappa shape index (κ2) is 11.4. The zero-order valence-corrected chi connectivity index (χ0v) is 23.4. The van der Waals surface area contributed by atoms with E-state index >= 15 is 0 Å². The minimum atomic E-state index is -0.775. The molecule has 4 heterocycles. The molecule has 1 unspecified atom stereocenters. The van der Waals surface area contributed by atoms with Gasteiger partial charge < -0.3 is 19.2 Å². The summed E-state index contributed by atoms with van der Waals surface area (Å²) in [7, 11) is 0. The highest BCUT2D eigenvalue weighted by Gasteiger charge is 2.33. The molecule has 1 fully saturated rings. The van der Waals surface area contributed by atoms with Crippen molar-refractivity contribution in [1.82, 2.24) is 29.7 Å². The van der Waals surface area contributed by atoms with E-state index in [0.717, 1.165) is 10.0 Å². The molecule has 10 nitrogen and oxygen atoms in total. The van der Waals surface area contributed by atoms with Crippen LogP contribution < -0.4 is 0 Å². The first kappa shape index (κ1) is 26.5. The Bertz CT molecular complexity index is 1640. The molecule has 40 heavy (non-hydrogen) atoms. The maximum Gasteiger partial charge on any atom is 0.275 e. The molecule has 0 saturated carbocycles. The molecule has 3 aromatic heterocycles. The minimum absolute atomic E-state index is 0.210. The number of benzene rings is 2. The Morgan fingerprint density at radius 2 is 2.02 bits per heavy atom. The molecular formula is C28H24BrClN6O4. The molecule has 0 spiro atoms. The number of halogens is 2. The van der Waals surface area contributed by atoms with Crippen LogP contribution in [0.15, 0.2) is 88.1 Å². The van der Waals surface area contributed by atoms with E-state index in [2.05, 4.69) is 31.3 Å². The van der Waals surface area contributed by atoms with Gasteiger partial charge in [0.2, 0.25) is 0 Å². The molecule has 1 saturated heterocycles. The molecular weight excluding hydrogens is 600 g/mol. The number of aromatic nitrogens is 5. The van der Waals surface area contributed by atoms with Crippen molar-refractivity contribution < 1.29 is 19.1 Å². The number of carbonyl (C=O) groups is 1. The lowest BCUT2D eigenvalue weighted by atomic mass is 10.1. The fraction of sp³-hybridized carbons (Fsp3) is 0.214. The lowest BCUT2D eigenvalue weighted by Crippen LogP contribution is -2.43. The van der Waals surface area contributed by atoms with Crippen LogP contribution in [0.2, 0.25) is 5.02 Å². The van der Waals surface area contributed by atoms with E-state index in [0.29, 0.717) is 41.0 Å². The fourth-order valence-corrected chi connectivity index (χ4v) is 5.28. The van der Waals surface area contributed by atoms with Crippen molar-refractivity contribution in [1.29, 1.82) is 0 Å². The van der Waals surface area contributed by atoms with Gasteiger partial charge in [0, 0.05) is 22.1 Å². The van der Waals surface area contributed by atoms with Crippen LogP contribution in [0.25, 0.3) is 17.1 Å². The fourth-order valence-electron chi connectivity index (χ4n) is 4.68. The number of ether oxygens (including phenoxy) is 1. The van der Waals surface area contributed by atoms with Gasteiger partial charge in [-0.25, -0.2) is 9.36 Å². The summed E-state index contributed by atoms with van der Waals surface area (Å²) in [4.78, 5) is 15.6. The Morgan fingerprint density at radius 3 is 2.83 bits per heavy atom. The molecule has 1 amide bonds. The first-order valence-corrected chi connectivity index (χ1v) is 13.8. The Balaban J connectivity index is 1.27. The zero-order valence-electron chi connectivity index (χ0n) is 21.1. The molecule has 1 aliphatic heterocycles. The summed E-state index contributed by atoms with van der Waals surface area (Å²) in [6, 6.07) is 19.5. The Kier molecular flexibility index (Phi) is 7.53. The number of aliphatic hydroxyl groups is 1. The van der Waals surface area contributed by atoms with Crippen LogP contribution in [0, 0.1) is 0 Å². The molecule has 0 radical (unpaired) electrons. The smallest absolute Gasteiger partial charge is 0.275 e. The Hall–Kier alpha value is -3.77. The predicted octanol–water partition coefficient (Wildman–Crippen LogP) is 5.09. The van der Waals surface area contributed by atoms with Gasteiger partial charge >= 0.3 is 0 Å².